The van der Waals surface area contributed by atoms with Gasteiger partial charge in [-0.05, 0) is 30.9 Å². The molecule has 88 valence electrons. The smallest absolute Gasteiger partial charge is 0.0398 e. The summed E-state index contributed by atoms with van der Waals surface area (Å²) in [6, 6.07) is 9.62. The summed E-state index contributed by atoms with van der Waals surface area (Å²) in [5, 5.41) is 0. The molecule has 0 amide bonds. The van der Waals surface area contributed by atoms with Gasteiger partial charge in [0.15, 0.2) is 0 Å². The van der Waals surface area contributed by atoms with Crippen LogP contribution in [0, 0.1) is 0 Å². The Kier molecular flexibility index (Phi) is 3.87. The van der Waals surface area contributed by atoms with E-state index in [0.29, 0.717) is 0 Å². The van der Waals surface area contributed by atoms with E-state index in [1.807, 2.05) is 0 Å². The maximum absolute atomic E-state index is 2.49. The van der Waals surface area contributed by atoms with Gasteiger partial charge in [-0.15, -0.1) is 0 Å². The minimum atomic E-state index is 0.765. The number of para-hydroxylation sites is 1. The zero-order valence-electron chi connectivity index (χ0n) is 10.6. The third kappa shape index (κ3) is 2.40. The summed E-state index contributed by atoms with van der Waals surface area (Å²) in [5.74, 6) is 0. The van der Waals surface area contributed by atoms with Gasteiger partial charge < -0.3 is 4.90 Å². The van der Waals surface area contributed by atoms with Gasteiger partial charge in [-0.1, -0.05) is 44.4 Å². The Balaban J connectivity index is 2.00. The average molecular weight is 217 g/mol. The van der Waals surface area contributed by atoms with Gasteiger partial charge in [-0.2, -0.15) is 0 Å². The molecule has 0 saturated heterocycles. The van der Waals surface area contributed by atoms with Crippen LogP contribution in [0.25, 0.3) is 0 Å². The Labute approximate surface area is 99.5 Å². The molecular formula is C15H23N. The van der Waals surface area contributed by atoms with Crippen LogP contribution in [0.5, 0.6) is 0 Å². The lowest BCUT2D eigenvalue weighted by atomic mass is 9.93. The molecule has 2 rings (SSSR count). The Hall–Kier alpha value is -0.980. The number of unbranched alkanes of at least 4 members (excludes halogenated alkanes) is 2. The second-order valence-corrected chi connectivity index (χ2v) is 4.93. The summed E-state index contributed by atoms with van der Waals surface area (Å²) in [6.07, 6.45) is 8.04. The molecule has 1 aliphatic heterocycles. The molecular weight excluding hydrogens is 194 g/mol. The molecule has 0 saturated carbocycles. The van der Waals surface area contributed by atoms with Crippen molar-refractivity contribution < 1.29 is 0 Å². The lowest BCUT2D eigenvalue weighted by Crippen LogP contribution is -2.35. The first kappa shape index (κ1) is 11.5. The van der Waals surface area contributed by atoms with Gasteiger partial charge in [0.05, 0.1) is 0 Å². The number of anilines is 1. The van der Waals surface area contributed by atoms with Crippen LogP contribution in [-0.2, 0) is 6.42 Å². The largest absolute Gasteiger partial charge is 0.371 e. The van der Waals surface area contributed by atoms with E-state index in [1.165, 1.54) is 49.8 Å². The molecule has 0 unspecified atom stereocenters. The highest BCUT2D eigenvalue weighted by Gasteiger charge is 2.21. The molecule has 16 heavy (non-hydrogen) atoms. The third-order valence-electron chi connectivity index (χ3n) is 3.81. The van der Waals surface area contributed by atoms with E-state index in [4.69, 9.17) is 0 Å². The molecule has 0 N–H and O–H groups in total. The van der Waals surface area contributed by atoms with Gasteiger partial charge in [0.2, 0.25) is 0 Å². The Morgan fingerprint density at radius 3 is 2.88 bits per heavy atom. The number of rotatable bonds is 4. The first-order valence-corrected chi connectivity index (χ1v) is 6.63. The molecule has 0 bridgehead atoms. The lowest BCUT2D eigenvalue weighted by Gasteiger charge is -2.36. The highest BCUT2D eigenvalue weighted by molar-refractivity contribution is 5.55. The molecule has 0 radical (unpaired) electrons. The fourth-order valence-electron chi connectivity index (χ4n) is 2.75. The lowest BCUT2D eigenvalue weighted by molar-refractivity contribution is 0.493. The first-order chi connectivity index (χ1) is 7.83. The standard InChI is InChI=1S/C15H23N/c1-3-4-5-9-14-12-11-13-8-6-7-10-15(13)16(14)2/h6-8,10,14H,3-5,9,11-12H2,1-2H3/t14-/m1/s1. The number of aryl methyl sites for hydroxylation is 1. The molecule has 1 aromatic carbocycles. The maximum atomic E-state index is 2.49. The summed E-state index contributed by atoms with van der Waals surface area (Å²) in [4.78, 5) is 2.49. The number of hydrogen-bond donors (Lipinski definition) is 0. The van der Waals surface area contributed by atoms with E-state index in [0.717, 1.165) is 6.04 Å². The third-order valence-corrected chi connectivity index (χ3v) is 3.81. The number of fused-ring (bicyclic) bond motifs is 1. The van der Waals surface area contributed by atoms with E-state index >= 15 is 0 Å². The molecule has 0 fully saturated rings. The summed E-state index contributed by atoms with van der Waals surface area (Å²) < 4.78 is 0. The van der Waals surface area contributed by atoms with Crippen molar-refractivity contribution in [2.75, 3.05) is 11.9 Å². The van der Waals surface area contributed by atoms with E-state index in [2.05, 4.69) is 43.1 Å². The van der Waals surface area contributed by atoms with Crippen molar-refractivity contribution in [1.29, 1.82) is 0 Å². The fraction of sp³-hybridized carbons (Fsp3) is 0.600. The quantitative estimate of drug-likeness (QED) is 0.689. The van der Waals surface area contributed by atoms with Gasteiger partial charge in [-0.25, -0.2) is 0 Å². The van der Waals surface area contributed by atoms with Gasteiger partial charge >= 0.3 is 0 Å². The van der Waals surface area contributed by atoms with Crippen molar-refractivity contribution in [2.24, 2.45) is 0 Å². The second-order valence-electron chi connectivity index (χ2n) is 4.93. The van der Waals surface area contributed by atoms with Crippen molar-refractivity contribution in [3.8, 4) is 0 Å². The van der Waals surface area contributed by atoms with Crippen molar-refractivity contribution in [3.05, 3.63) is 29.8 Å². The van der Waals surface area contributed by atoms with Crippen molar-refractivity contribution in [1.82, 2.24) is 0 Å². The first-order valence-electron chi connectivity index (χ1n) is 6.63. The van der Waals surface area contributed by atoms with Crippen molar-refractivity contribution in [3.63, 3.8) is 0 Å². The van der Waals surface area contributed by atoms with Crippen LogP contribution in [0.3, 0.4) is 0 Å². The fourth-order valence-corrected chi connectivity index (χ4v) is 2.75. The predicted octanol–water partition coefficient (Wildman–Crippen LogP) is 4.02. The molecule has 0 aliphatic carbocycles. The summed E-state index contributed by atoms with van der Waals surface area (Å²) in [5.41, 5.74) is 2.98. The van der Waals surface area contributed by atoms with Crippen LogP contribution in [0.1, 0.15) is 44.6 Å². The summed E-state index contributed by atoms with van der Waals surface area (Å²) >= 11 is 0. The number of benzene rings is 1. The Bertz CT molecular complexity index is 332. The van der Waals surface area contributed by atoms with Gasteiger partial charge in [-0.3, -0.25) is 0 Å². The molecule has 0 spiro atoms. The molecule has 1 nitrogen and oxygen atoms in total. The van der Waals surface area contributed by atoms with Crippen LogP contribution in [0.4, 0.5) is 5.69 Å². The summed E-state index contributed by atoms with van der Waals surface area (Å²) in [6.45, 7) is 2.28. The molecule has 0 aromatic heterocycles. The highest BCUT2D eigenvalue weighted by Crippen LogP contribution is 2.30. The van der Waals surface area contributed by atoms with Gasteiger partial charge in [0.1, 0.15) is 0 Å². The molecule has 1 aliphatic rings. The Morgan fingerprint density at radius 2 is 2.06 bits per heavy atom. The number of hydrogen-bond acceptors (Lipinski definition) is 1. The van der Waals surface area contributed by atoms with Crippen LogP contribution in [0.15, 0.2) is 24.3 Å². The molecule has 1 atom stereocenters. The van der Waals surface area contributed by atoms with Crippen LogP contribution >= 0.6 is 0 Å². The van der Waals surface area contributed by atoms with Crippen LogP contribution in [-0.4, -0.2) is 13.1 Å². The number of nitrogens with zero attached hydrogens (tertiary/aromatic N) is 1. The SMILES string of the molecule is CCCCC[C@@H]1CCc2ccccc2N1C. The van der Waals surface area contributed by atoms with E-state index in [1.54, 1.807) is 0 Å². The Morgan fingerprint density at radius 1 is 1.25 bits per heavy atom. The maximum Gasteiger partial charge on any atom is 0.0398 e. The van der Waals surface area contributed by atoms with Crippen molar-refractivity contribution >= 4 is 5.69 Å². The second kappa shape index (κ2) is 5.38. The summed E-state index contributed by atoms with van der Waals surface area (Å²) in [7, 11) is 2.26. The normalized spacial score (nSPS) is 19.6. The molecule has 1 aromatic rings. The highest BCUT2D eigenvalue weighted by atomic mass is 15.1. The van der Waals surface area contributed by atoms with E-state index < -0.39 is 0 Å². The average Bonchev–Trinajstić information content (AvgIpc) is 2.33. The van der Waals surface area contributed by atoms with Crippen molar-refractivity contribution in [2.45, 2.75) is 51.5 Å². The predicted molar refractivity (Wildman–Crippen MR) is 71.1 cm³/mol. The van der Waals surface area contributed by atoms with Gasteiger partial charge in [0.25, 0.3) is 0 Å². The topological polar surface area (TPSA) is 3.24 Å². The minimum absolute atomic E-state index is 0.765. The monoisotopic (exact) mass is 217 g/mol. The molecule has 1 heteroatoms. The molecule has 1 heterocycles. The van der Waals surface area contributed by atoms with Crippen LogP contribution in [0.2, 0.25) is 0 Å². The van der Waals surface area contributed by atoms with E-state index in [9.17, 15) is 0 Å². The zero-order valence-corrected chi connectivity index (χ0v) is 10.6. The van der Waals surface area contributed by atoms with Crippen LogP contribution < -0.4 is 4.90 Å². The zero-order chi connectivity index (χ0) is 11.4. The van der Waals surface area contributed by atoms with E-state index in [-0.39, 0.29) is 0 Å². The van der Waals surface area contributed by atoms with Gasteiger partial charge in [0, 0.05) is 18.8 Å². The minimum Gasteiger partial charge on any atom is -0.371 e.